The molecule has 3 rings (SSSR count). The molecule has 23 heavy (non-hydrogen) atoms. The highest BCUT2D eigenvalue weighted by Gasteiger charge is 2.16. The van der Waals surface area contributed by atoms with Gasteiger partial charge in [0.25, 0.3) is 5.91 Å². The topological polar surface area (TPSA) is 45.2 Å². The van der Waals surface area contributed by atoms with Crippen LogP contribution in [0.3, 0.4) is 0 Å². The Morgan fingerprint density at radius 1 is 1.30 bits per heavy atom. The summed E-state index contributed by atoms with van der Waals surface area (Å²) in [5.74, 6) is 0.709. The van der Waals surface area contributed by atoms with Gasteiger partial charge in [-0.25, -0.2) is 4.98 Å². The molecule has 1 aliphatic heterocycles. The standard InChI is InChI=1S/C18H23N3OS/c1-21-10-8-15(9-11-21)3-2-14-4-6-16(7-5-14)20-18(22)17-12-23-13-19-17/h4-7,12-13,15H,2-3,8-11H2,1H3,(H,20,22). The van der Waals surface area contributed by atoms with Gasteiger partial charge in [-0.05, 0) is 69.4 Å². The number of carbonyl (C=O) groups excluding carboxylic acids is 1. The number of hydrogen-bond donors (Lipinski definition) is 1. The van der Waals surface area contributed by atoms with Gasteiger partial charge < -0.3 is 10.2 Å². The monoisotopic (exact) mass is 329 g/mol. The number of rotatable bonds is 5. The minimum atomic E-state index is -0.148. The second kappa shape index (κ2) is 7.70. The molecule has 0 aliphatic carbocycles. The number of nitrogens with one attached hydrogen (secondary N) is 1. The summed E-state index contributed by atoms with van der Waals surface area (Å²) in [5.41, 5.74) is 4.31. The fourth-order valence-corrected chi connectivity index (χ4v) is 3.53. The van der Waals surface area contributed by atoms with Crippen molar-refractivity contribution in [3.8, 4) is 0 Å². The quantitative estimate of drug-likeness (QED) is 0.910. The predicted molar refractivity (Wildman–Crippen MR) is 95.1 cm³/mol. The lowest BCUT2D eigenvalue weighted by molar-refractivity contribution is 0.102. The summed E-state index contributed by atoms with van der Waals surface area (Å²) < 4.78 is 0. The van der Waals surface area contributed by atoms with Crippen molar-refractivity contribution in [1.82, 2.24) is 9.88 Å². The van der Waals surface area contributed by atoms with Gasteiger partial charge in [0.1, 0.15) is 5.69 Å². The summed E-state index contributed by atoms with van der Waals surface area (Å²) in [5, 5.41) is 4.64. The maximum Gasteiger partial charge on any atom is 0.275 e. The number of nitrogens with zero attached hydrogens (tertiary/aromatic N) is 2. The Labute approximate surface area is 141 Å². The maximum atomic E-state index is 11.9. The smallest absolute Gasteiger partial charge is 0.275 e. The molecule has 1 amide bonds. The number of aryl methyl sites for hydroxylation is 1. The van der Waals surface area contributed by atoms with E-state index in [0.29, 0.717) is 5.69 Å². The van der Waals surface area contributed by atoms with Crippen LogP contribution in [0.2, 0.25) is 0 Å². The number of carbonyl (C=O) groups is 1. The maximum absolute atomic E-state index is 11.9. The molecular weight excluding hydrogens is 306 g/mol. The van der Waals surface area contributed by atoms with Gasteiger partial charge >= 0.3 is 0 Å². The third-order valence-corrected chi connectivity index (χ3v) is 5.14. The van der Waals surface area contributed by atoms with Crippen molar-refractivity contribution in [2.45, 2.75) is 25.7 Å². The van der Waals surface area contributed by atoms with Crippen LogP contribution in [0.1, 0.15) is 35.3 Å². The Balaban J connectivity index is 1.48. The Bertz CT molecular complexity index is 616. The summed E-state index contributed by atoms with van der Waals surface area (Å²) >= 11 is 1.43. The van der Waals surface area contributed by atoms with Crippen molar-refractivity contribution >= 4 is 22.9 Å². The number of hydrogen-bond acceptors (Lipinski definition) is 4. The number of piperidine rings is 1. The molecule has 1 N–H and O–H groups in total. The molecule has 1 aliphatic rings. The van der Waals surface area contributed by atoms with E-state index in [9.17, 15) is 4.79 Å². The van der Waals surface area contributed by atoms with Crippen LogP contribution >= 0.6 is 11.3 Å². The highest BCUT2D eigenvalue weighted by molar-refractivity contribution is 7.07. The van der Waals surface area contributed by atoms with Crippen LogP contribution in [-0.2, 0) is 6.42 Å². The molecular formula is C18H23N3OS. The van der Waals surface area contributed by atoms with Gasteiger partial charge in [0, 0.05) is 11.1 Å². The molecule has 122 valence electrons. The molecule has 2 heterocycles. The van der Waals surface area contributed by atoms with Gasteiger partial charge in [-0.1, -0.05) is 12.1 Å². The normalized spacial score (nSPS) is 16.4. The SMILES string of the molecule is CN1CCC(CCc2ccc(NC(=O)c3cscn3)cc2)CC1. The van der Waals surface area contributed by atoms with E-state index in [1.54, 1.807) is 10.9 Å². The van der Waals surface area contributed by atoms with E-state index >= 15 is 0 Å². The molecule has 0 saturated carbocycles. The summed E-state index contributed by atoms with van der Waals surface area (Å²) in [4.78, 5) is 18.4. The fourth-order valence-electron chi connectivity index (χ4n) is 3.00. The van der Waals surface area contributed by atoms with Crippen molar-refractivity contribution in [1.29, 1.82) is 0 Å². The number of anilines is 1. The zero-order chi connectivity index (χ0) is 16.1. The number of benzene rings is 1. The van der Waals surface area contributed by atoms with E-state index in [1.165, 1.54) is 49.3 Å². The largest absolute Gasteiger partial charge is 0.321 e. The minimum absolute atomic E-state index is 0.148. The van der Waals surface area contributed by atoms with Gasteiger partial charge in [0.2, 0.25) is 0 Å². The molecule has 0 radical (unpaired) electrons. The van der Waals surface area contributed by atoms with Crippen molar-refractivity contribution < 1.29 is 4.79 Å². The van der Waals surface area contributed by atoms with E-state index in [4.69, 9.17) is 0 Å². The van der Waals surface area contributed by atoms with Gasteiger partial charge in [0.15, 0.2) is 0 Å². The highest BCUT2D eigenvalue weighted by atomic mass is 32.1. The number of aromatic nitrogens is 1. The lowest BCUT2D eigenvalue weighted by atomic mass is 9.91. The first-order valence-electron chi connectivity index (χ1n) is 8.18. The van der Waals surface area contributed by atoms with Crippen LogP contribution in [0, 0.1) is 5.92 Å². The highest BCUT2D eigenvalue weighted by Crippen LogP contribution is 2.22. The first kappa shape index (κ1) is 16.1. The van der Waals surface area contributed by atoms with Crippen molar-refractivity contribution in [3.05, 3.63) is 46.4 Å². The van der Waals surface area contributed by atoms with E-state index in [2.05, 4.69) is 34.4 Å². The number of likely N-dealkylation sites (tertiary alicyclic amines) is 1. The third-order valence-electron chi connectivity index (χ3n) is 4.56. The summed E-state index contributed by atoms with van der Waals surface area (Å²) in [6.07, 6.45) is 5.02. The molecule has 0 spiro atoms. The van der Waals surface area contributed by atoms with Gasteiger partial charge in [-0.2, -0.15) is 0 Å². The number of thiazole rings is 1. The second-order valence-corrected chi connectivity index (χ2v) is 7.03. The Hall–Kier alpha value is -1.72. The average molecular weight is 329 g/mol. The zero-order valence-corrected chi connectivity index (χ0v) is 14.3. The van der Waals surface area contributed by atoms with E-state index in [-0.39, 0.29) is 5.91 Å². The van der Waals surface area contributed by atoms with Crippen LogP contribution in [0.15, 0.2) is 35.2 Å². The van der Waals surface area contributed by atoms with Crippen molar-refractivity contribution in [2.75, 3.05) is 25.5 Å². The fraction of sp³-hybridized carbons (Fsp3) is 0.444. The van der Waals surface area contributed by atoms with Gasteiger partial charge in [0.05, 0.1) is 5.51 Å². The Morgan fingerprint density at radius 2 is 2.04 bits per heavy atom. The lowest BCUT2D eigenvalue weighted by Crippen LogP contribution is -2.30. The molecule has 5 heteroatoms. The molecule has 1 aromatic heterocycles. The minimum Gasteiger partial charge on any atom is -0.321 e. The summed E-state index contributed by atoms with van der Waals surface area (Å²) in [7, 11) is 2.20. The molecule has 1 saturated heterocycles. The molecule has 4 nitrogen and oxygen atoms in total. The predicted octanol–water partition coefficient (Wildman–Crippen LogP) is 3.67. The molecule has 0 unspecified atom stereocenters. The van der Waals surface area contributed by atoms with Crippen molar-refractivity contribution in [2.24, 2.45) is 5.92 Å². The zero-order valence-electron chi connectivity index (χ0n) is 13.5. The van der Waals surface area contributed by atoms with Crippen molar-refractivity contribution in [3.63, 3.8) is 0 Å². The van der Waals surface area contributed by atoms with Gasteiger partial charge in [-0.3, -0.25) is 4.79 Å². The lowest BCUT2D eigenvalue weighted by Gasteiger charge is -2.28. The Morgan fingerprint density at radius 3 is 2.70 bits per heavy atom. The third kappa shape index (κ3) is 4.62. The van der Waals surface area contributed by atoms with Crippen LogP contribution in [0.25, 0.3) is 0 Å². The van der Waals surface area contributed by atoms with Gasteiger partial charge in [-0.15, -0.1) is 11.3 Å². The Kier molecular flexibility index (Phi) is 5.41. The molecule has 0 atom stereocenters. The summed E-state index contributed by atoms with van der Waals surface area (Å²) in [6.45, 7) is 2.46. The molecule has 1 aromatic carbocycles. The van der Waals surface area contributed by atoms with Crippen LogP contribution < -0.4 is 5.32 Å². The first-order chi connectivity index (χ1) is 11.2. The van der Waals surface area contributed by atoms with Crippen LogP contribution in [0.5, 0.6) is 0 Å². The van der Waals surface area contributed by atoms with E-state index in [0.717, 1.165) is 18.0 Å². The van der Waals surface area contributed by atoms with E-state index in [1.807, 2.05) is 12.1 Å². The first-order valence-corrected chi connectivity index (χ1v) is 9.12. The molecule has 0 bridgehead atoms. The van der Waals surface area contributed by atoms with Crippen LogP contribution in [0.4, 0.5) is 5.69 Å². The van der Waals surface area contributed by atoms with Crippen LogP contribution in [-0.4, -0.2) is 35.9 Å². The average Bonchev–Trinajstić information content (AvgIpc) is 3.10. The number of amides is 1. The second-order valence-electron chi connectivity index (χ2n) is 6.31. The van der Waals surface area contributed by atoms with E-state index < -0.39 is 0 Å². The molecule has 1 fully saturated rings. The molecule has 2 aromatic rings. The summed E-state index contributed by atoms with van der Waals surface area (Å²) in [6, 6.07) is 8.19.